The molecule has 0 aromatic rings. The summed E-state index contributed by atoms with van der Waals surface area (Å²) in [5, 5.41) is 8.80. The summed E-state index contributed by atoms with van der Waals surface area (Å²) < 4.78 is 0. The maximum atomic E-state index is 11.8. The predicted molar refractivity (Wildman–Crippen MR) is 79.9 cm³/mol. The van der Waals surface area contributed by atoms with Crippen LogP contribution in [-0.4, -0.2) is 55.1 Å². The number of hydrogen-bond acceptors (Lipinski definition) is 4. The van der Waals surface area contributed by atoms with Crippen LogP contribution in [0.5, 0.6) is 0 Å². The standard InChI is InChI=1S/C15H26N4O2/c20-14(18-15(21)17-13-3-4-13)10-19-7-5-12(6-8-19)16-9-11-1-2-11/h11-13,16H,1-10H2,(H2,17,18,20,21). The molecule has 0 aromatic heterocycles. The van der Waals surface area contributed by atoms with Crippen molar-refractivity contribution in [1.82, 2.24) is 20.9 Å². The van der Waals surface area contributed by atoms with E-state index >= 15 is 0 Å². The third-order valence-electron chi connectivity index (χ3n) is 4.51. The summed E-state index contributed by atoms with van der Waals surface area (Å²) in [6.07, 6.45) is 7.01. The normalized spacial score (nSPS) is 23.8. The van der Waals surface area contributed by atoms with Crippen LogP contribution in [0.3, 0.4) is 0 Å². The second kappa shape index (κ2) is 6.75. The van der Waals surface area contributed by atoms with Gasteiger partial charge in [-0.1, -0.05) is 0 Å². The highest BCUT2D eigenvalue weighted by molar-refractivity contribution is 5.95. The molecule has 3 rings (SSSR count). The van der Waals surface area contributed by atoms with Crippen LogP contribution >= 0.6 is 0 Å². The number of carbonyl (C=O) groups excluding carboxylic acids is 2. The third-order valence-corrected chi connectivity index (χ3v) is 4.51. The number of amides is 3. The molecule has 0 atom stereocenters. The quantitative estimate of drug-likeness (QED) is 0.664. The van der Waals surface area contributed by atoms with Gasteiger partial charge < -0.3 is 10.6 Å². The second-order valence-corrected chi connectivity index (χ2v) is 6.70. The summed E-state index contributed by atoms with van der Waals surface area (Å²) in [5.41, 5.74) is 0. The molecule has 3 amide bonds. The molecule has 21 heavy (non-hydrogen) atoms. The largest absolute Gasteiger partial charge is 0.335 e. The van der Waals surface area contributed by atoms with E-state index in [0.29, 0.717) is 12.6 Å². The fraction of sp³-hybridized carbons (Fsp3) is 0.867. The van der Waals surface area contributed by atoms with Gasteiger partial charge in [-0.3, -0.25) is 15.0 Å². The highest BCUT2D eigenvalue weighted by Crippen LogP contribution is 2.28. The molecule has 3 fully saturated rings. The van der Waals surface area contributed by atoms with Gasteiger partial charge in [-0.2, -0.15) is 0 Å². The first-order chi connectivity index (χ1) is 10.2. The molecular formula is C15H26N4O2. The van der Waals surface area contributed by atoms with Crippen molar-refractivity contribution in [2.24, 2.45) is 5.92 Å². The minimum absolute atomic E-state index is 0.197. The first-order valence-corrected chi connectivity index (χ1v) is 8.25. The van der Waals surface area contributed by atoms with Crippen LogP contribution in [0.1, 0.15) is 38.5 Å². The van der Waals surface area contributed by atoms with Gasteiger partial charge in [0.05, 0.1) is 6.54 Å². The van der Waals surface area contributed by atoms with Crippen LogP contribution in [-0.2, 0) is 4.79 Å². The molecule has 1 heterocycles. The zero-order valence-electron chi connectivity index (χ0n) is 12.6. The summed E-state index contributed by atoms with van der Waals surface area (Å²) in [6.45, 7) is 3.35. The Morgan fingerprint density at radius 1 is 0.952 bits per heavy atom. The van der Waals surface area contributed by atoms with E-state index in [-0.39, 0.29) is 18.0 Å². The lowest BCUT2D eigenvalue weighted by molar-refractivity contribution is -0.121. The number of nitrogens with zero attached hydrogens (tertiary/aromatic N) is 1. The Labute approximate surface area is 126 Å². The third kappa shape index (κ3) is 5.28. The maximum absolute atomic E-state index is 11.8. The molecule has 0 radical (unpaired) electrons. The lowest BCUT2D eigenvalue weighted by Crippen LogP contribution is -2.48. The van der Waals surface area contributed by atoms with E-state index in [4.69, 9.17) is 0 Å². The molecule has 6 heteroatoms. The van der Waals surface area contributed by atoms with Gasteiger partial charge >= 0.3 is 6.03 Å². The lowest BCUT2D eigenvalue weighted by atomic mass is 10.0. The average molecular weight is 294 g/mol. The molecule has 2 saturated carbocycles. The van der Waals surface area contributed by atoms with Crippen molar-refractivity contribution in [1.29, 1.82) is 0 Å². The van der Waals surface area contributed by atoms with Gasteiger partial charge in [0.1, 0.15) is 0 Å². The molecule has 1 saturated heterocycles. The lowest BCUT2D eigenvalue weighted by Gasteiger charge is -2.31. The van der Waals surface area contributed by atoms with Crippen LogP contribution in [0.4, 0.5) is 4.79 Å². The van der Waals surface area contributed by atoms with Crippen LogP contribution in [0.2, 0.25) is 0 Å². The van der Waals surface area contributed by atoms with E-state index < -0.39 is 0 Å². The van der Waals surface area contributed by atoms with Crippen LogP contribution in [0.25, 0.3) is 0 Å². The van der Waals surface area contributed by atoms with Gasteiger partial charge in [-0.25, -0.2) is 4.79 Å². The first kappa shape index (κ1) is 14.8. The number of nitrogens with one attached hydrogen (secondary N) is 3. The predicted octanol–water partition coefficient (Wildman–Crippen LogP) is 0.439. The Balaban J connectivity index is 1.28. The Morgan fingerprint density at radius 3 is 2.29 bits per heavy atom. The first-order valence-electron chi connectivity index (χ1n) is 8.25. The van der Waals surface area contributed by atoms with Crippen molar-refractivity contribution in [2.45, 2.75) is 50.6 Å². The molecule has 3 aliphatic rings. The zero-order chi connectivity index (χ0) is 14.7. The second-order valence-electron chi connectivity index (χ2n) is 6.70. The molecule has 0 bridgehead atoms. The van der Waals surface area contributed by atoms with Gasteiger partial charge in [-0.15, -0.1) is 0 Å². The topological polar surface area (TPSA) is 73.5 Å². The summed E-state index contributed by atoms with van der Waals surface area (Å²) >= 11 is 0. The number of rotatable bonds is 6. The number of urea groups is 1. The maximum Gasteiger partial charge on any atom is 0.321 e. The number of imide groups is 1. The number of carbonyl (C=O) groups is 2. The zero-order valence-corrected chi connectivity index (χ0v) is 12.6. The fourth-order valence-electron chi connectivity index (χ4n) is 2.77. The van der Waals surface area contributed by atoms with E-state index in [0.717, 1.165) is 51.2 Å². The highest BCUT2D eigenvalue weighted by Gasteiger charge is 2.26. The van der Waals surface area contributed by atoms with Gasteiger partial charge in [-0.05, 0) is 51.0 Å². The fourth-order valence-corrected chi connectivity index (χ4v) is 2.77. The number of piperidine rings is 1. The Bertz CT molecular complexity index is 385. The number of hydrogen-bond donors (Lipinski definition) is 3. The van der Waals surface area contributed by atoms with Gasteiger partial charge in [0.2, 0.25) is 5.91 Å². The summed E-state index contributed by atoms with van der Waals surface area (Å²) in [6, 6.07) is 0.539. The molecule has 1 aliphatic heterocycles. The molecule has 2 aliphatic carbocycles. The van der Waals surface area contributed by atoms with E-state index in [2.05, 4.69) is 20.9 Å². The monoisotopic (exact) mass is 294 g/mol. The van der Waals surface area contributed by atoms with Crippen molar-refractivity contribution in [3.05, 3.63) is 0 Å². The molecular weight excluding hydrogens is 268 g/mol. The molecule has 6 nitrogen and oxygen atoms in total. The van der Waals surface area contributed by atoms with Crippen molar-refractivity contribution in [3.8, 4) is 0 Å². The molecule has 0 spiro atoms. The van der Waals surface area contributed by atoms with Crippen molar-refractivity contribution < 1.29 is 9.59 Å². The van der Waals surface area contributed by atoms with E-state index in [9.17, 15) is 9.59 Å². The molecule has 118 valence electrons. The van der Waals surface area contributed by atoms with E-state index in [1.807, 2.05) is 0 Å². The summed E-state index contributed by atoms with van der Waals surface area (Å²) in [4.78, 5) is 25.4. The summed E-state index contributed by atoms with van der Waals surface area (Å²) in [7, 11) is 0. The van der Waals surface area contributed by atoms with Crippen LogP contribution in [0.15, 0.2) is 0 Å². The Hall–Kier alpha value is -1.14. The Kier molecular flexibility index (Phi) is 4.75. The molecule has 0 aromatic carbocycles. The minimum atomic E-state index is -0.344. The van der Waals surface area contributed by atoms with Crippen LogP contribution < -0.4 is 16.0 Å². The minimum Gasteiger partial charge on any atom is -0.335 e. The smallest absolute Gasteiger partial charge is 0.321 e. The van der Waals surface area contributed by atoms with Crippen molar-refractivity contribution in [3.63, 3.8) is 0 Å². The van der Waals surface area contributed by atoms with Crippen molar-refractivity contribution >= 4 is 11.9 Å². The highest BCUT2D eigenvalue weighted by atomic mass is 16.2. The van der Waals surface area contributed by atoms with Gasteiger partial charge in [0.25, 0.3) is 0 Å². The van der Waals surface area contributed by atoms with Crippen molar-refractivity contribution in [2.75, 3.05) is 26.2 Å². The van der Waals surface area contributed by atoms with Gasteiger partial charge in [0, 0.05) is 25.2 Å². The van der Waals surface area contributed by atoms with E-state index in [1.165, 1.54) is 12.8 Å². The van der Waals surface area contributed by atoms with Crippen LogP contribution in [0, 0.1) is 5.92 Å². The molecule has 3 N–H and O–H groups in total. The van der Waals surface area contributed by atoms with E-state index in [1.54, 1.807) is 0 Å². The average Bonchev–Trinajstić information content (AvgIpc) is 3.33. The number of likely N-dealkylation sites (tertiary alicyclic amines) is 1. The SMILES string of the molecule is O=C(CN1CCC(NCC2CC2)CC1)NC(=O)NC1CC1. The Morgan fingerprint density at radius 2 is 1.67 bits per heavy atom. The summed E-state index contributed by atoms with van der Waals surface area (Å²) in [5.74, 6) is 0.719. The molecule has 0 unspecified atom stereocenters. The van der Waals surface area contributed by atoms with Gasteiger partial charge in [0.15, 0.2) is 0 Å².